The van der Waals surface area contributed by atoms with Crippen molar-refractivity contribution in [3.63, 3.8) is 0 Å². The molecule has 0 spiro atoms. The minimum Gasteiger partial charge on any atom is -0.353 e. The van der Waals surface area contributed by atoms with Gasteiger partial charge in [0.25, 0.3) is 0 Å². The van der Waals surface area contributed by atoms with Gasteiger partial charge in [0, 0.05) is 38.1 Å². The van der Waals surface area contributed by atoms with Gasteiger partial charge in [-0.1, -0.05) is 11.6 Å². The smallest absolute Gasteiger partial charge is 0.229 e. The Kier molecular flexibility index (Phi) is 4.99. The Hall–Kier alpha value is -1.44. The highest BCUT2D eigenvalue weighted by molar-refractivity contribution is 9.10. The summed E-state index contributed by atoms with van der Waals surface area (Å²) in [6.07, 6.45) is 1.72. The summed E-state index contributed by atoms with van der Waals surface area (Å²) < 4.78 is 14.1. The SMILES string of the molecule is CN1CCN(c2nc(Nc3ccc(F)c(Cl)c3)ncc2Br)CC1. The molecule has 0 bridgehead atoms. The summed E-state index contributed by atoms with van der Waals surface area (Å²) in [5.74, 6) is 0.848. The van der Waals surface area contributed by atoms with Gasteiger partial charge in [0.05, 0.1) is 9.50 Å². The second kappa shape index (κ2) is 6.98. The van der Waals surface area contributed by atoms with E-state index in [4.69, 9.17) is 11.6 Å². The first-order valence-electron chi connectivity index (χ1n) is 7.21. The molecule has 1 fully saturated rings. The molecule has 1 aliphatic rings. The summed E-state index contributed by atoms with van der Waals surface area (Å²) in [5.41, 5.74) is 0.642. The van der Waals surface area contributed by atoms with Crippen LogP contribution >= 0.6 is 27.5 Å². The van der Waals surface area contributed by atoms with Crippen molar-refractivity contribution in [1.82, 2.24) is 14.9 Å². The van der Waals surface area contributed by atoms with Gasteiger partial charge in [-0.15, -0.1) is 0 Å². The zero-order valence-corrected chi connectivity index (χ0v) is 14.9. The molecule has 1 aromatic carbocycles. The Bertz CT molecular complexity index is 706. The van der Waals surface area contributed by atoms with Gasteiger partial charge < -0.3 is 15.1 Å². The number of piperazine rings is 1. The highest BCUT2D eigenvalue weighted by Crippen LogP contribution is 2.27. The Balaban J connectivity index is 1.81. The summed E-state index contributed by atoms with van der Waals surface area (Å²) in [6, 6.07) is 4.42. The molecule has 2 heterocycles. The molecular formula is C15H16BrClFN5. The van der Waals surface area contributed by atoms with E-state index < -0.39 is 5.82 Å². The molecule has 3 rings (SSSR count). The van der Waals surface area contributed by atoms with Crippen molar-refractivity contribution in [3.8, 4) is 0 Å². The predicted molar refractivity (Wildman–Crippen MR) is 94.1 cm³/mol. The average Bonchev–Trinajstić information content (AvgIpc) is 2.54. The van der Waals surface area contributed by atoms with Crippen LogP contribution in [0.2, 0.25) is 5.02 Å². The van der Waals surface area contributed by atoms with Crippen molar-refractivity contribution >= 4 is 45.0 Å². The monoisotopic (exact) mass is 399 g/mol. The number of halogens is 3. The fraction of sp³-hybridized carbons (Fsp3) is 0.333. The van der Waals surface area contributed by atoms with E-state index in [-0.39, 0.29) is 5.02 Å². The maximum Gasteiger partial charge on any atom is 0.229 e. The van der Waals surface area contributed by atoms with E-state index in [2.05, 4.69) is 48.1 Å². The summed E-state index contributed by atoms with van der Waals surface area (Å²) >= 11 is 9.30. The van der Waals surface area contributed by atoms with Crippen LogP contribution in [-0.2, 0) is 0 Å². The van der Waals surface area contributed by atoms with Crippen molar-refractivity contribution in [2.24, 2.45) is 0 Å². The van der Waals surface area contributed by atoms with Gasteiger partial charge in [-0.3, -0.25) is 0 Å². The Labute approximate surface area is 147 Å². The van der Waals surface area contributed by atoms with Gasteiger partial charge >= 0.3 is 0 Å². The number of aromatic nitrogens is 2. The van der Waals surface area contributed by atoms with Crippen LogP contribution in [0.15, 0.2) is 28.9 Å². The van der Waals surface area contributed by atoms with E-state index in [1.54, 1.807) is 12.3 Å². The molecule has 0 atom stereocenters. The van der Waals surface area contributed by atoms with Crippen LogP contribution < -0.4 is 10.2 Å². The van der Waals surface area contributed by atoms with Gasteiger partial charge in [-0.05, 0) is 41.2 Å². The van der Waals surface area contributed by atoms with Gasteiger partial charge in [0.1, 0.15) is 11.6 Å². The van der Waals surface area contributed by atoms with Gasteiger partial charge in [0.2, 0.25) is 5.95 Å². The molecule has 2 aromatic rings. The standard InChI is InChI=1S/C15H16BrClFN5/c1-22-4-6-23(7-5-22)14-11(16)9-19-15(21-14)20-10-2-3-13(18)12(17)8-10/h2-3,8-9H,4-7H2,1H3,(H,19,20,21). The summed E-state index contributed by atoms with van der Waals surface area (Å²) in [5, 5.41) is 3.12. The predicted octanol–water partition coefficient (Wildman–Crippen LogP) is 3.53. The van der Waals surface area contributed by atoms with Gasteiger partial charge in [-0.2, -0.15) is 4.98 Å². The van der Waals surface area contributed by atoms with Crippen LogP contribution in [0.3, 0.4) is 0 Å². The summed E-state index contributed by atoms with van der Waals surface area (Å²) in [6.45, 7) is 3.81. The largest absolute Gasteiger partial charge is 0.353 e. The van der Waals surface area contributed by atoms with Crippen molar-refractivity contribution in [2.75, 3.05) is 43.4 Å². The van der Waals surface area contributed by atoms with Crippen LogP contribution in [-0.4, -0.2) is 48.1 Å². The molecule has 23 heavy (non-hydrogen) atoms. The number of likely N-dealkylation sites (N-methyl/N-ethyl adjacent to an activating group) is 1. The molecule has 1 aliphatic heterocycles. The first-order valence-corrected chi connectivity index (χ1v) is 8.38. The molecule has 122 valence electrons. The highest BCUT2D eigenvalue weighted by Gasteiger charge is 2.18. The maximum absolute atomic E-state index is 13.2. The third-order valence-electron chi connectivity index (χ3n) is 3.70. The second-order valence-corrected chi connectivity index (χ2v) is 6.67. The topological polar surface area (TPSA) is 44.3 Å². The Morgan fingerprint density at radius 1 is 1.26 bits per heavy atom. The first-order chi connectivity index (χ1) is 11.0. The zero-order chi connectivity index (χ0) is 16.4. The van der Waals surface area contributed by atoms with Crippen molar-refractivity contribution in [1.29, 1.82) is 0 Å². The number of nitrogens with zero attached hydrogens (tertiary/aromatic N) is 4. The lowest BCUT2D eigenvalue weighted by molar-refractivity contribution is 0.312. The van der Waals surface area contributed by atoms with Crippen molar-refractivity contribution in [2.45, 2.75) is 0 Å². The van der Waals surface area contributed by atoms with E-state index in [1.807, 2.05) is 0 Å². The number of hydrogen-bond acceptors (Lipinski definition) is 5. The number of anilines is 3. The molecule has 8 heteroatoms. The maximum atomic E-state index is 13.2. The second-order valence-electron chi connectivity index (χ2n) is 5.41. The van der Waals surface area contributed by atoms with E-state index in [1.165, 1.54) is 12.1 Å². The van der Waals surface area contributed by atoms with E-state index in [9.17, 15) is 4.39 Å². The van der Waals surface area contributed by atoms with Crippen LogP contribution in [0.25, 0.3) is 0 Å². The van der Waals surface area contributed by atoms with Crippen LogP contribution in [0.4, 0.5) is 21.8 Å². The molecule has 1 aromatic heterocycles. The quantitative estimate of drug-likeness (QED) is 0.854. The lowest BCUT2D eigenvalue weighted by Crippen LogP contribution is -2.45. The van der Waals surface area contributed by atoms with Gasteiger partial charge in [0.15, 0.2) is 0 Å². The zero-order valence-electron chi connectivity index (χ0n) is 12.6. The Morgan fingerprint density at radius 3 is 2.70 bits per heavy atom. The Morgan fingerprint density at radius 2 is 2.00 bits per heavy atom. The van der Waals surface area contributed by atoms with Crippen LogP contribution in [0, 0.1) is 5.82 Å². The third-order valence-corrected chi connectivity index (χ3v) is 4.55. The molecular weight excluding hydrogens is 385 g/mol. The van der Waals surface area contributed by atoms with Crippen molar-refractivity contribution in [3.05, 3.63) is 39.7 Å². The number of hydrogen-bond donors (Lipinski definition) is 1. The van der Waals surface area contributed by atoms with Crippen LogP contribution in [0.1, 0.15) is 0 Å². The molecule has 1 saturated heterocycles. The van der Waals surface area contributed by atoms with E-state index in [0.717, 1.165) is 36.5 Å². The minimum absolute atomic E-state index is 0.0615. The lowest BCUT2D eigenvalue weighted by atomic mass is 10.3. The first kappa shape index (κ1) is 16.4. The molecule has 0 aliphatic carbocycles. The molecule has 0 radical (unpaired) electrons. The van der Waals surface area contributed by atoms with E-state index >= 15 is 0 Å². The normalized spacial score (nSPS) is 15.7. The van der Waals surface area contributed by atoms with E-state index in [0.29, 0.717) is 11.6 Å². The number of rotatable bonds is 3. The van der Waals surface area contributed by atoms with Crippen molar-refractivity contribution < 1.29 is 4.39 Å². The fourth-order valence-electron chi connectivity index (χ4n) is 2.36. The highest BCUT2D eigenvalue weighted by atomic mass is 79.9. The number of benzene rings is 1. The number of nitrogens with one attached hydrogen (secondary N) is 1. The molecule has 1 N–H and O–H groups in total. The molecule has 5 nitrogen and oxygen atoms in total. The molecule has 0 saturated carbocycles. The lowest BCUT2D eigenvalue weighted by Gasteiger charge is -2.33. The summed E-state index contributed by atoms with van der Waals surface area (Å²) in [4.78, 5) is 13.3. The van der Waals surface area contributed by atoms with Gasteiger partial charge in [-0.25, -0.2) is 9.37 Å². The fourth-order valence-corrected chi connectivity index (χ4v) is 2.98. The molecule has 0 unspecified atom stereocenters. The average molecular weight is 401 g/mol. The minimum atomic E-state index is -0.452. The molecule has 0 amide bonds. The third kappa shape index (κ3) is 3.91. The van der Waals surface area contributed by atoms with Crippen LogP contribution in [0.5, 0.6) is 0 Å². The summed E-state index contributed by atoms with van der Waals surface area (Å²) in [7, 11) is 2.11.